The van der Waals surface area contributed by atoms with Gasteiger partial charge in [-0.2, -0.15) is 0 Å². The van der Waals surface area contributed by atoms with E-state index in [9.17, 15) is 4.79 Å². The van der Waals surface area contributed by atoms with Crippen LogP contribution in [-0.4, -0.2) is 34.4 Å². The molecule has 0 saturated carbocycles. The van der Waals surface area contributed by atoms with Crippen molar-refractivity contribution >= 4 is 41.4 Å². The summed E-state index contributed by atoms with van der Waals surface area (Å²) in [5, 5.41) is -0.331. The number of unbranched alkanes of at least 4 members (excludes halogenated alkanes) is 4. The third-order valence-corrected chi connectivity index (χ3v) is 12.6. The molecule has 2 atom stereocenters. The van der Waals surface area contributed by atoms with Gasteiger partial charge >= 0.3 is 188 Å². The zero-order chi connectivity index (χ0) is 25.0. The summed E-state index contributed by atoms with van der Waals surface area (Å²) in [4.78, 5) is 12.5. The van der Waals surface area contributed by atoms with Crippen molar-refractivity contribution in [3.63, 3.8) is 0 Å². The fourth-order valence-corrected chi connectivity index (χ4v) is 7.97. The third-order valence-electron chi connectivity index (χ3n) is 6.76. The van der Waals surface area contributed by atoms with Crippen LogP contribution in [-0.2, 0) is 22.3 Å². The number of hydrogen-bond donors (Lipinski definition) is 0. The first-order chi connectivity index (χ1) is 16.2. The predicted octanol–water partition coefficient (Wildman–Crippen LogP) is 8.49. The van der Waals surface area contributed by atoms with Gasteiger partial charge in [0.1, 0.15) is 0 Å². The molecule has 5 heteroatoms. The average molecular weight is 519 g/mol. The van der Waals surface area contributed by atoms with E-state index in [0.29, 0.717) is 6.61 Å². The van der Waals surface area contributed by atoms with Crippen molar-refractivity contribution in [2.45, 2.75) is 83.0 Å². The molecule has 0 amide bonds. The van der Waals surface area contributed by atoms with Gasteiger partial charge in [0.15, 0.2) is 0 Å². The SMILES string of the molecule is CCCCCCCC(C)[PH](C)(C)Cc1ccc(COC(=O)C(C)SC(=S)c2ccccc2)cc1. The van der Waals surface area contributed by atoms with Gasteiger partial charge in [0, 0.05) is 0 Å². The maximum absolute atomic E-state index is 12.5. The van der Waals surface area contributed by atoms with Crippen molar-refractivity contribution in [3.8, 4) is 0 Å². The zero-order valence-corrected chi connectivity index (χ0v) is 24.3. The van der Waals surface area contributed by atoms with Crippen molar-refractivity contribution in [3.05, 3.63) is 71.3 Å². The van der Waals surface area contributed by atoms with Crippen LogP contribution in [0, 0.1) is 0 Å². The number of hydrogen-bond acceptors (Lipinski definition) is 4. The van der Waals surface area contributed by atoms with Crippen LogP contribution in [0.1, 0.15) is 76.0 Å². The van der Waals surface area contributed by atoms with Crippen molar-refractivity contribution in [2.75, 3.05) is 13.3 Å². The first kappa shape index (κ1) is 29.0. The summed E-state index contributed by atoms with van der Waals surface area (Å²) in [5.74, 6) is -0.228. The van der Waals surface area contributed by atoms with Gasteiger partial charge in [0.25, 0.3) is 0 Å². The van der Waals surface area contributed by atoms with Gasteiger partial charge in [-0.1, -0.05) is 30.3 Å². The number of benzene rings is 2. The van der Waals surface area contributed by atoms with Gasteiger partial charge in [-0.3, -0.25) is 0 Å². The number of esters is 1. The molecular weight excluding hydrogens is 475 g/mol. The Morgan fingerprint density at radius 1 is 0.941 bits per heavy atom. The van der Waals surface area contributed by atoms with Gasteiger partial charge in [-0.05, 0) is 0 Å². The van der Waals surface area contributed by atoms with E-state index in [-0.39, 0.29) is 11.2 Å². The molecule has 2 aromatic carbocycles. The van der Waals surface area contributed by atoms with Crippen LogP contribution in [0.15, 0.2) is 54.6 Å². The van der Waals surface area contributed by atoms with E-state index in [1.807, 2.05) is 37.3 Å². The van der Waals surface area contributed by atoms with Crippen LogP contribution in [0.5, 0.6) is 0 Å². The molecule has 0 fully saturated rings. The van der Waals surface area contributed by atoms with Gasteiger partial charge in [0.05, 0.1) is 0 Å². The standard InChI is InChI=1S/C29H43O2PS2/c1-6-7-8-9-11-14-23(2)32(4,5)22-26-19-17-25(18-20-26)21-31-28(30)24(3)34-29(33)27-15-12-10-13-16-27/h10,12-13,15-20,23-24,32H,6-9,11,14,21-22H2,1-5H3. The predicted molar refractivity (Wildman–Crippen MR) is 158 cm³/mol. The number of thiocarbonyl (C=S) groups is 1. The van der Waals surface area contributed by atoms with E-state index < -0.39 is 7.26 Å². The van der Waals surface area contributed by atoms with E-state index in [0.717, 1.165) is 21.0 Å². The summed E-state index contributed by atoms with van der Waals surface area (Å²) in [7, 11) is -1.33. The van der Waals surface area contributed by atoms with E-state index in [4.69, 9.17) is 17.0 Å². The van der Waals surface area contributed by atoms with Crippen molar-refractivity contribution in [1.82, 2.24) is 0 Å². The fourth-order valence-electron chi connectivity index (χ4n) is 4.02. The molecule has 0 aliphatic heterocycles. The van der Waals surface area contributed by atoms with E-state index in [2.05, 4.69) is 51.4 Å². The number of carbonyl (C=O) groups is 1. The fraction of sp³-hybridized carbons (Fsp3) is 0.517. The Morgan fingerprint density at radius 2 is 1.56 bits per heavy atom. The minimum atomic E-state index is -1.33. The molecule has 0 saturated heterocycles. The molecule has 0 N–H and O–H groups in total. The van der Waals surface area contributed by atoms with Crippen molar-refractivity contribution in [2.24, 2.45) is 0 Å². The molecule has 0 aliphatic rings. The molecule has 2 rings (SSSR count). The van der Waals surface area contributed by atoms with Crippen molar-refractivity contribution < 1.29 is 9.53 Å². The number of rotatable bonds is 14. The van der Waals surface area contributed by atoms with Crippen LogP contribution < -0.4 is 0 Å². The van der Waals surface area contributed by atoms with Crippen LogP contribution in [0.2, 0.25) is 0 Å². The van der Waals surface area contributed by atoms with Gasteiger partial charge in [-0.25, -0.2) is 0 Å². The quantitative estimate of drug-likeness (QED) is 0.108. The van der Waals surface area contributed by atoms with Gasteiger partial charge < -0.3 is 0 Å². The summed E-state index contributed by atoms with van der Waals surface area (Å²) < 4.78 is 6.29. The van der Waals surface area contributed by atoms with E-state index in [1.165, 1.54) is 62.0 Å². The molecule has 188 valence electrons. The summed E-state index contributed by atoms with van der Waals surface area (Å²) in [6.45, 7) is 11.9. The Bertz CT molecular complexity index is 881. The first-order valence-corrected chi connectivity index (χ1v) is 17.3. The van der Waals surface area contributed by atoms with Crippen LogP contribution >= 0.6 is 31.2 Å². The van der Waals surface area contributed by atoms with E-state index >= 15 is 0 Å². The molecule has 0 aliphatic carbocycles. The third kappa shape index (κ3) is 10.2. The molecule has 0 bridgehead atoms. The summed E-state index contributed by atoms with van der Waals surface area (Å²) >= 11 is 6.85. The van der Waals surface area contributed by atoms with E-state index in [1.54, 1.807) is 0 Å². The van der Waals surface area contributed by atoms with Crippen LogP contribution in [0.4, 0.5) is 0 Å². The van der Waals surface area contributed by atoms with Gasteiger partial charge in [0.2, 0.25) is 0 Å². The monoisotopic (exact) mass is 518 g/mol. The molecule has 0 radical (unpaired) electrons. The Kier molecular flexibility index (Phi) is 12.8. The Hall–Kier alpha value is -1.22. The number of thioether (sulfide) groups is 1. The van der Waals surface area contributed by atoms with Crippen LogP contribution in [0.3, 0.4) is 0 Å². The number of carbonyl (C=O) groups excluding carboxylic acids is 1. The molecule has 2 unspecified atom stereocenters. The molecule has 2 nitrogen and oxygen atoms in total. The topological polar surface area (TPSA) is 26.3 Å². The molecule has 0 heterocycles. The summed E-state index contributed by atoms with van der Waals surface area (Å²) in [6.07, 6.45) is 9.38. The first-order valence-electron chi connectivity index (χ1n) is 12.7. The van der Waals surface area contributed by atoms with Crippen LogP contribution in [0.25, 0.3) is 0 Å². The molecule has 0 spiro atoms. The molecule has 2 aromatic rings. The zero-order valence-electron chi connectivity index (χ0n) is 21.6. The normalized spacial score (nSPS) is 13.8. The summed E-state index contributed by atoms with van der Waals surface area (Å²) in [6, 6.07) is 18.4. The number of ether oxygens (including phenoxy) is 1. The maximum atomic E-state index is 12.5. The summed E-state index contributed by atoms with van der Waals surface area (Å²) in [5.41, 5.74) is 4.23. The van der Waals surface area contributed by atoms with Gasteiger partial charge in [-0.15, -0.1) is 0 Å². The molecule has 0 aromatic heterocycles. The van der Waals surface area contributed by atoms with Crippen molar-refractivity contribution in [1.29, 1.82) is 0 Å². The second kappa shape index (κ2) is 15.0. The Morgan fingerprint density at radius 3 is 2.21 bits per heavy atom. The molecular formula is C29H43O2PS2. The average Bonchev–Trinajstić information content (AvgIpc) is 2.83. The Labute approximate surface area is 218 Å². The molecule has 34 heavy (non-hydrogen) atoms. The minimum absolute atomic E-state index is 0.228. The second-order valence-corrected chi connectivity index (χ2v) is 17.4. The second-order valence-electron chi connectivity index (χ2n) is 10.1. The Balaban J connectivity index is 1.78.